The lowest BCUT2D eigenvalue weighted by atomic mass is 10.1. The molecule has 0 heterocycles. The van der Waals surface area contributed by atoms with E-state index in [1.54, 1.807) is 6.07 Å². The zero-order valence-corrected chi connectivity index (χ0v) is 12.6. The molecule has 0 spiro atoms. The summed E-state index contributed by atoms with van der Waals surface area (Å²) in [6.07, 6.45) is 0.611. The molecule has 0 radical (unpaired) electrons. The van der Waals surface area contributed by atoms with E-state index in [-0.39, 0.29) is 5.82 Å². The Morgan fingerprint density at radius 1 is 1.11 bits per heavy atom. The van der Waals surface area contributed by atoms with Crippen LogP contribution >= 0.6 is 22.6 Å². The van der Waals surface area contributed by atoms with Crippen LogP contribution in [0.5, 0.6) is 5.75 Å². The van der Waals surface area contributed by atoms with Gasteiger partial charge in [0.05, 0.1) is 0 Å². The Labute approximate surface area is 125 Å². The molecule has 0 bridgehead atoms. The quantitative estimate of drug-likeness (QED) is 0.817. The SMILES string of the molecule is NCCc1cccc(F)c1OCc1ccc(I)cc1. The minimum atomic E-state index is -0.337. The lowest BCUT2D eigenvalue weighted by molar-refractivity contribution is 0.287. The smallest absolute Gasteiger partial charge is 0.165 e. The molecule has 0 unspecified atom stereocenters. The third-order valence-corrected chi connectivity index (χ3v) is 3.48. The summed E-state index contributed by atoms with van der Waals surface area (Å²) in [5.41, 5.74) is 7.35. The van der Waals surface area contributed by atoms with Crippen LogP contribution in [0.3, 0.4) is 0 Å². The second-order valence-electron chi connectivity index (χ2n) is 4.18. The van der Waals surface area contributed by atoms with E-state index >= 15 is 0 Å². The van der Waals surface area contributed by atoms with Gasteiger partial charge in [0.2, 0.25) is 0 Å². The van der Waals surface area contributed by atoms with Crippen molar-refractivity contribution in [1.29, 1.82) is 0 Å². The Morgan fingerprint density at radius 3 is 2.53 bits per heavy atom. The normalized spacial score (nSPS) is 10.5. The van der Waals surface area contributed by atoms with Crippen LogP contribution in [0.4, 0.5) is 4.39 Å². The summed E-state index contributed by atoms with van der Waals surface area (Å²) < 4.78 is 20.5. The van der Waals surface area contributed by atoms with Gasteiger partial charge in [-0.05, 0) is 64.9 Å². The molecule has 0 saturated carbocycles. The van der Waals surface area contributed by atoms with Crippen molar-refractivity contribution in [3.05, 3.63) is 63.0 Å². The van der Waals surface area contributed by atoms with Gasteiger partial charge in [-0.1, -0.05) is 24.3 Å². The molecule has 0 aliphatic rings. The highest BCUT2D eigenvalue weighted by molar-refractivity contribution is 14.1. The maximum atomic E-state index is 13.8. The van der Waals surface area contributed by atoms with Gasteiger partial charge in [-0.2, -0.15) is 0 Å². The lowest BCUT2D eigenvalue weighted by Crippen LogP contribution is -2.06. The fourth-order valence-corrected chi connectivity index (χ4v) is 2.16. The molecule has 100 valence electrons. The summed E-state index contributed by atoms with van der Waals surface area (Å²) in [5, 5.41) is 0. The summed E-state index contributed by atoms with van der Waals surface area (Å²) >= 11 is 2.24. The van der Waals surface area contributed by atoms with Gasteiger partial charge >= 0.3 is 0 Å². The van der Waals surface area contributed by atoms with E-state index in [1.165, 1.54) is 6.07 Å². The number of nitrogens with two attached hydrogens (primary N) is 1. The van der Waals surface area contributed by atoms with Crippen molar-refractivity contribution in [2.75, 3.05) is 6.54 Å². The van der Waals surface area contributed by atoms with Crippen LogP contribution in [0.2, 0.25) is 0 Å². The molecule has 2 N–H and O–H groups in total. The highest BCUT2D eigenvalue weighted by Crippen LogP contribution is 2.24. The average molecular weight is 371 g/mol. The molecule has 0 saturated heterocycles. The molecular weight excluding hydrogens is 356 g/mol. The monoisotopic (exact) mass is 371 g/mol. The number of rotatable bonds is 5. The Balaban J connectivity index is 2.12. The number of hydrogen-bond acceptors (Lipinski definition) is 2. The summed E-state index contributed by atoms with van der Waals surface area (Å²) in [6, 6.07) is 12.9. The summed E-state index contributed by atoms with van der Waals surface area (Å²) in [7, 11) is 0. The van der Waals surface area contributed by atoms with Gasteiger partial charge in [0.15, 0.2) is 11.6 Å². The minimum Gasteiger partial charge on any atom is -0.486 e. The third-order valence-electron chi connectivity index (χ3n) is 2.76. The van der Waals surface area contributed by atoms with Crippen molar-refractivity contribution >= 4 is 22.6 Å². The number of hydrogen-bond donors (Lipinski definition) is 1. The first-order valence-corrected chi connectivity index (χ1v) is 7.13. The second-order valence-corrected chi connectivity index (χ2v) is 5.43. The van der Waals surface area contributed by atoms with Gasteiger partial charge < -0.3 is 10.5 Å². The van der Waals surface area contributed by atoms with Crippen molar-refractivity contribution in [3.63, 3.8) is 0 Å². The van der Waals surface area contributed by atoms with Gasteiger partial charge in [0.1, 0.15) is 6.61 Å². The predicted octanol–water partition coefficient (Wildman–Crippen LogP) is 3.51. The highest BCUT2D eigenvalue weighted by atomic mass is 127. The number of para-hydroxylation sites is 1. The molecular formula is C15H15FINO. The number of ether oxygens (including phenoxy) is 1. The maximum absolute atomic E-state index is 13.8. The Hall–Kier alpha value is -1.14. The lowest BCUT2D eigenvalue weighted by Gasteiger charge is -2.12. The first-order chi connectivity index (χ1) is 9.20. The van der Waals surface area contributed by atoms with Crippen LogP contribution in [0.1, 0.15) is 11.1 Å². The largest absolute Gasteiger partial charge is 0.486 e. The van der Waals surface area contributed by atoms with Gasteiger partial charge in [0.25, 0.3) is 0 Å². The zero-order chi connectivity index (χ0) is 13.7. The van der Waals surface area contributed by atoms with Crippen molar-refractivity contribution in [2.45, 2.75) is 13.0 Å². The van der Waals surface area contributed by atoms with Crippen LogP contribution in [0, 0.1) is 9.39 Å². The van der Waals surface area contributed by atoms with Crippen LogP contribution in [-0.4, -0.2) is 6.54 Å². The first-order valence-electron chi connectivity index (χ1n) is 6.05. The first kappa shape index (κ1) is 14.3. The number of benzene rings is 2. The van der Waals surface area contributed by atoms with Gasteiger partial charge in [-0.25, -0.2) is 4.39 Å². The molecule has 2 rings (SSSR count). The molecule has 19 heavy (non-hydrogen) atoms. The van der Waals surface area contributed by atoms with E-state index in [2.05, 4.69) is 22.6 Å². The molecule has 0 amide bonds. The molecule has 4 heteroatoms. The van der Waals surface area contributed by atoms with Crippen LogP contribution < -0.4 is 10.5 Å². The van der Waals surface area contributed by atoms with E-state index in [0.717, 1.165) is 14.7 Å². The van der Waals surface area contributed by atoms with Crippen molar-refractivity contribution < 1.29 is 9.13 Å². The van der Waals surface area contributed by atoms with Crippen molar-refractivity contribution in [3.8, 4) is 5.75 Å². The van der Waals surface area contributed by atoms with Crippen molar-refractivity contribution in [2.24, 2.45) is 5.73 Å². The molecule has 0 aliphatic heterocycles. The zero-order valence-electron chi connectivity index (χ0n) is 10.4. The van der Waals surface area contributed by atoms with Crippen LogP contribution in [-0.2, 0) is 13.0 Å². The molecule has 2 aromatic carbocycles. The molecule has 0 aromatic heterocycles. The van der Waals surface area contributed by atoms with Crippen molar-refractivity contribution in [1.82, 2.24) is 0 Å². The highest BCUT2D eigenvalue weighted by Gasteiger charge is 2.09. The Morgan fingerprint density at radius 2 is 1.84 bits per heavy atom. The predicted molar refractivity (Wildman–Crippen MR) is 82.6 cm³/mol. The molecule has 2 nitrogen and oxygen atoms in total. The fourth-order valence-electron chi connectivity index (χ4n) is 1.80. The Bertz CT molecular complexity index is 542. The van der Waals surface area contributed by atoms with E-state index in [9.17, 15) is 4.39 Å². The molecule has 2 aromatic rings. The average Bonchev–Trinajstić information content (AvgIpc) is 2.40. The van der Waals surface area contributed by atoms with E-state index in [0.29, 0.717) is 25.3 Å². The summed E-state index contributed by atoms with van der Waals surface area (Å²) in [4.78, 5) is 0. The molecule has 0 aliphatic carbocycles. The fraction of sp³-hybridized carbons (Fsp3) is 0.200. The third kappa shape index (κ3) is 3.91. The van der Waals surface area contributed by atoms with Gasteiger partial charge in [-0.15, -0.1) is 0 Å². The van der Waals surface area contributed by atoms with Crippen LogP contribution in [0.25, 0.3) is 0 Å². The topological polar surface area (TPSA) is 35.2 Å². The number of halogens is 2. The maximum Gasteiger partial charge on any atom is 0.165 e. The molecule has 0 atom stereocenters. The minimum absolute atomic E-state index is 0.312. The van der Waals surface area contributed by atoms with E-state index in [1.807, 2.05) is 30.3 Å². The standard InChI is InChI=1S/C15H15FINO/c16-14-3-1-2-12(8-9-18)15(14)19-10-11-4-6-13(17)7-5-11/h1-7H,8-10,18H2. The second kappa shape index (κ2) is 6.86. The van der Waals surface area contributed by atoms with E-state index < -0.39 is 0 Å². The van der Waals surface area contributed by atoms with Gasteiger partial charge in [-0.3, -0.25) is 0 Å². The van der Waals surface area contributed by atoms with E-state index in [4.69, 9.17) is 10.5 Å². The summed E-state index contributed by atoms with van der Waals surface area (Å²) in [5.74, 6) is -0.0250. The summed E-state index contributed by atoms with van der Waals surface area (Å²) in [6.45, 7) is 0.832. The molecule has 0 fully saturated rings. The van der Waals surface area contributed by atoms with Crippen LogP contribution in [0.15, 0.2) is 42.5 Å². The Kier molecular flexibility index (Phi) is 5.15. The van der Waals surface area contributed by atoms with Gasteiger partial charge in [0, 0.05) is 3.57 Å².